The van der Waals surface area contributed by atoms with Gasteiger partial charge in [-0.3, -0.25) is 4.79 Å². The van der Waals surface area contributed by atoms with Crippen LogP contribution in [0.15, 0.2) is 60.7 Å². The molecule has 0 aliphatic carbocycles. The molecule has 0 fully saturated rings. The Bertz CT molecular complexity index is 876. The van der Waals surface area contributed by atoms with Crippen LogP contribution < -0.4 is 0 Å². The molecule has 0 saturated carbocycles. The van der Waals surface area contributed by atoms with E-state index in [0.717, 1.165) is 10.9 Å². The molecule has 3 aromatic carbocycles. The van der Waals surface area contributed by atoms with Crippen molar-refractivity contribution in [1.29, 1.82) is 0 Å². The summed E-state index contributed by atoms with van der Waals surface area (Å²) in [7, 11) is 1.77. The van der Waals surface area contributed by atoms with Crippen LogP contribution in [0.5, 0.6) is 0 Å². The van der Waals surface area contributed by atoms with Crippen LogP contribution in [0.2, 0.25) is 10.0 Å². The maximum atomic E-state index is 12.5. The molecule has 23 heavy (non-hydrogen) atoms. The molecule has 0 aliphatic heterocycles. The average Bonchev–Trinajstić information content (AvgIpc) is 2.54. The first-order chi connectivity index (χ1) is 11.0. The number of fused-ring (bicyclic) bond motifs is 1. The van der Waals surface area contributed by atoms with E-state index in [9.17, 15) is 4.79 Å². The minimum Gasteiger partial charge on any atom is -0.337 e. The molecule has 0 bridgehead atoms. The van der Waals surface area contributed by atoms with Gasteiger partial charge in [-0.2, -0.15) is 0 Å². The van der Waals surface area contributed by atoms with E-state index < -0.39 is 0 Å². The number of hydrogen-bond acceptors (Lipinski definition) is 1. The molecule has 0 N–H and O–H groups in total. The number of carbonyl (C=O) groups excluding carboxylic acids is 1. The van der Waals surface area contributed by atoms with Gasteiger partial charge in [-0.25, -0.2) is 0 Å². The van der Waals surface area contributed by atoms with Crippen LogP contribution in [-0.4, -0.2) is 17.9 Å². The Morgan fingerprint density at radius 1 is 0.957 bits per heavy atom. The summed E-state index contributed by atoms with van der Waals surface area (Å²) in [6.45, 7) is 0.516. The molecule has 0 saturated heterocycles. The molecule has 2 nitrogen and oxygen atoms in total. The third kappa shape index (κ3) is 3.49. The molecule has 116 valence electrons. The molecule has 0 heterocycles. The third-order valence-electron chi connectivity index (χ3n) is 3.74. The van der Waals surface area contributed by atoms with Crippen molar-refractivity contribution in [3.63, 3.8) is 0 Å². The summed E-state index contributed by atoms with van der Waals surface area (Å²) in [6.07, 6.45) is 0. The van der Waals surface area contributed by atoms with Crippen molar-refractivity contribution in [2.24, 2.45) is 0 Å². The van der Waals surface area contributed by atoms with E-state index in [4.69, 9.17) is 23.2 Å². The van der Waals surface area contributed by atoms with Gasteiger partial charge in [-0.1, -0.05) is 59.6 Å². The zero-order valence-corrected chi connectivity index (χ0v) is 14.1. The normalized spacial score (nSPS) is 10.7. The second-order valence-corrected chi connectivity index (χ2v) is 6.31. The molecule has 1 amide bonds. The maximum absolute atomic E-state index is 12.5. The summed E-state index contributed by atoms with van der Waals surface area (Å²) in [5, 5.41) is 3.23. The van der Waals surface area contributed by atoms with Gasteiger partial charge in [-0.15, -0.1) is 0 Å². The molecule has 0 atom stereocenters. The standard InChI is InChI=1S/C19H15Cl2NO/c1-22(19(23)17-9-8-16(20)11-18(17)21)12-13-6-7-14-4-2-3-5-15(14)10-13/h2-11H,12H2,1H3. The van der Waals surface area contributed by atoms with Crippen molar-refractivity contribution in [3.8, 4) is 0 Å². The van der Waals surface area contributed by atoms with Gasteiger partial charge in [0.25, 0.3) is 5.91 Å². The highest BCUT2D eigenvalue weighted by Crippen LogP contribution is 2.23. The quantitative estimate of drug-likeness (QED) is 0.621. The predicted octanol–water partition coefficient (Wildman–Crippen LogP) is 5.42. The Kier molecular flexibility index (Phi) is 4.56. The Morgan fingerprint density at radius 2 is 1.70 bits per heavy atom. The third-order valence-corrected chi connectivity index (χ3v) is 4.29. The molecule has 0 spiro atoms. The SMILES string of the molecule is CN(Cc1ccc2ccccc2c1)C(=O)c1ccc(Cl)cc1Cl. The van der Waals surface area contributed by atoms with Gasteiger partial charge in [0.1, 0.15) is 0 Å². The molecule has 4 heteroatoms. The number of hydrogen-bond donors (Lipinski definition) is 0. The van der Waals surface area contributed by atoms with Crippen LogP contribution >= 0.6 is 23.2 Å². The summed E-state index contributed by atoms with van der Waals surface area (Å²) in [5.41, 5.74) is 1.53. The first kappa shape index (κ1) is 15.9. The Labute approximate surface area is 145 Å². The summed E-state index contributed by atoms with van der Waals surface area (Å²) >= 11 is 12.0. The molecule has 0 radical (unpaired) electrons. The lowest BCUT2D eigenvalue weighted by molar-refractivity contribution is 0.0785. The lowest BCUT2D eigenvalue weighted by atomic mass is 10.1. The van der Waals surface area contributed by atoms with Crippen LogP contribution in [0, 0.1) is 0 Å². The average molecular weight is 344 g/mol. The highest BCUT2D eigenvalue weighted by atomic mass is 35.5. The Morgan fingerprint density at radius 3 is 2.43 bits per heavy atom. The largest absolute Gasteiger partial charge is 0.337 e. The molecular formula is C19H15Cl2NO. The molecule has 0 aromatic heterocycles. The van der Waals surface area contributed by atoms with Gasteiger partial charge >= 0.3 is 0 Å². The second kappa shape index (κ2) is 6.61. The lowest BCUT2D eigenvalue weighted by Crippen LogP contribution is -2.26. The fourth-order valence-electron chi connectivity index (χ4n) is 2.55. The summed E-state index contributed by atoms with van der Waals surface area (Å²) < 4.78 is 0. The molecule has 3 rings (SSSR count). The van der Waals surface area contributed by atoms with E-state index in [-0.39, 0.29) is 5.91 Å². The van der Waals surface area contributed by atoms with Crippen molar-refractivity contribution in [1.82, 2.24) is 4.90 Å². The van der Waals surface area contributed by atoms with Crippen molar-refractivity contribution in [3.05, 3.63) is 81.8 Å². The predicted molar refractivity (Wildman–Crippen MR) is 96.2 cm³/mol. The lowest BCUT2D eigenvalue weighted by Gasteiger charge is -2.18. The van der Waals surface area contributed by atoms with E-state index >= 15 is 0 Å². The van der Waals surface area contributed by atoms with Crippen molar-refractivity contribution in [2.75, 3.05) is 7.05 Å². The van der Waals surface area contributed by atoms with Crippen LogP contribution in [0.3, 0.4) is 0 Å². The maximum Gasteiger partial charge on any atom is 0.255 e. The van der Waals surface area contributed by atoms with E-state index in [2.05, 4.69) is 24.3 Å². The number of carbonyl (C=O) groups is 1. The molecule has 0 unspecified atom stereocenters. The van der Waals surface area contributed by atoms with Crippen molar-refractivity contribution < 1.29 is 4.79 Å². The number of halogens is 2. The monoisotopic (exact) mass is 343 g/mol. The Hall–Kier alpha value is -2.03. The smallest absolute Gasteiger partial charge is 0.255 e. The fraction of sp³-hybridized carbons (Fsp3) is 0.105. The summed E-state index contributed by atoms with van der Waals surface area (Å²) in [5.74, 6) is -0.125. The van der Waals surface area contributed by atoms with Gasteiger partial charge in [-0.05, 0) is 40.6 Å². The zero-order chi connectivity index (χ0) is 16.4. The van der Waals surface area contributed by atoms with Gasteiger partial charge in [0.2, 0.25) is 0 Å². The van der Waals surface area contributed by atoms with Gasteiger partial charge < -0.3 is 4.90 Å². The van der Waals surface area contributed by atoms with Crippen LogP contribution in [0.25, 0.3) is 10.8 Å². The van der Waals surface area contributed by atoms with Gasteiger partial charge in [0.05, 0.1) is 10.6 Å². The minimum absolute atomic E-state index is 0.125. The van der Waals surface area contributed by atoms with Crippen LogP contribution in [0.4, 0.5) is 0 Å². The number of benzene rings is 3. The topological polar surface area (TPSA) is 20.3 Å². The van der Waals surface area contributed by atoms with Gasteiger partial charge in [0.15, 0.2) is 0 Å². The van der Waals surface area contributed by atoms with Gasteiger partial charge in [0, 0.05) is 18.6 Å². The molecule has 3 aromatic rings. The number of rotatable bonds is 3. The highest BCUT2D eigenvalue weighted by Gasteiger charge is 2.15. The summed E-state index contributed by atoms with van der Waals surface area (Å²) in [4.78, 5) is 14.2. The number of nitrogens with zero attached hydrogens (tertiary/aromatic N) is 1. The fourth-order valence-corrected chi connectivity index (χ4v) is 3.04. The van der Waals surface area contributed by atoms with Crippen LogP contribution in [-0.2, 0) is 6.54 Å². The van der Waals surface area contributed by atoms with E-state index in [0.29, 0.717) is 22.2 Å². The number of amides is 1. The first-order valence-corrected chi connectivity index (χ1v) is 7.98. The minimum atomic E-state index is -0.125. The molecule has 0 aliphatic rings. The zero-order valence-electron chi connectivity index (χ0n) is 12.6. The van der Waals surface area contributed by atoms with Crippen LogP contribution in [0.1, 0.15) is 15.9 Å². The highest BCUT2D eigenvalue weighted by molar-refractivity contribution is 6.36. The summed E-state index contributed by atoms with van der Waals surface area (Å²) in [6, 6.07) is 19.3. The van der Waals surface area contributed by atoms with E-state index in [1.165, 1.54) is 5.39 Å². The molecular weight excluding hydrogens is 329 g/mol. The van der Waals surface area contributed by atoms with E-state index in [1.807, 2.05) is 18.2 Å². The second-order valence-electron chi connectivity index (χ2n) is 5.47. The first-order valence-electron chi connectivity index (χ1n) is 7.23. The van der Waals surface area contributed by atoms with E-state index in [1.54, 1.807) is 30.1 Å². The Balaban J connectivity index is 1.81. The van der Waals surface area contributed by atoms with Crippen molar-refractivity contribution >= 4 is 39.9 Å². The van der Waals surface area contributed by atoms with Crippen molar-refractivity contribution in [2.45, 2.75) is 6.54 Å².